The Morgan fingerprint density at radius 2 is 1.97 bits per heavy atom. The van der Waals surface area contributed by atoms with Gasteiger partial charge >= 0.3 is 5.97 Å². The number of rotatable bonds is 7. The van der Waals surface area contributed by atoms with E-state index in [1.165, 1.54) is 16.9 Å². The zero-order valence-electron chi connectivity index (χ0n) is 15.5. The maximum atomic E-state index is 12.3. The van der Waals surface area contributed by atoms with Crippen molar-refractivity contribution >= 4 is 40.8 Å². The lowest BCUT2D eigenvalue weighted by atomic mass is 10.3. The highest BCUT2D eigenvalue weighted by molar-refractivity contribution is 6.35. The third-order valence-electron chi connectivity index (χ3n) is 4.05. The fraction of sp³-hybridized carbons (Fsp3) is 0.222. The Hall–Kier alpha value is -3.04. The molecule has 0 radical (unpaired) electrons. The molecule has 3 rings (SSSR count). The summed E-state index contributed by atoms with van der Waals surface area (Å²) in [6.45, 7) is 3.50. The van der Waals surface area contributed by atoms with E-state index in [1.807, 2.05) is 0 Å². The molecule has 0 aliphatic carbocycles. The van der Waals surface area contributed by atoms with Crippen molar-refractivity contribution in [2.75, 3.05) is 5.32 Å². The quantitative estimate of drug-likeness (QED) is 0.585. The van der Waals surface area contributed by atoms with E-state index in [9.17, 15) is 9.59 Å². The van der Waals surface area contributed by atoms with E-state index in [2.05, 4.69) is 15.5 Å². The number of amides is 1. The molecule has 0 aliphatic heterocycles. The number of aromatic carboxylic acids is 1. The molecular weight excluding hydrogens is 421 g/mol. The first kappa shape index (κ1) is 20.7. The normalized spacial score (nSPS) is 10.8. The number of ether oxygens (including phenoxy) is 1. The SMILES string of the molecule is Cc1nn(COc2ccc(Cl)cc2Cl)c(C)c1NC(=O)Cn1ccc(C(=O)O)n1. The van der Waals surface area contributed by atoms with Crippen LogP contribution in [-0.2, 0) is 18.1 Å². The molecule has 0 spiro atoms. The van der Waals surface area contributed by atoms with E-state index >= 15 is 0 Å². The number of carboxylic acid groups (broad SMARTS) is 1. The molecule has 0 aliphatic rings. The van der Waals surface area contributed by atoms with Gasteiger partial charge in [0.1, 0.15) is 12.3 Å². The fourth-order valence-electron chi connectivity index (χ4n) is 2.62. The summed E-state index contributed by atoms with van der Waals surface area (Å²) in [5.74, 6) is -1.06. The van der Waals surface area contributed by atoms with E-state index in [0.29, 0.717) is 32.9 Å². The van der Waals surface area contributed by atoms with E-state index in [0.717, 1.165) is 0 Å². The van der Waals surface area contributed by atoms with E-state index < -0.39 is 5.97 Å². The van der Waals surface area contributed by atoms with E-state index in [4.69, 9.17) is 33.0 Å². The number of carboxylic acids is 1. The molecule has 0 atom stereocenters. The Morgan fingerprint density at radius 1 is 1.21 bits per heavy atom. The highest BCUT2D eigenvalue weighted by Gasteiger charge is 2.16. The van der Waals surface area contributed by atoms with Crippen molar-refractivity contribution in [1.29, 1.82) is 0 Å². The summed E-state index contributed by atoms with van der Waals surface area (Å²) < 4.78 is 8.52. The van der Waals surface area contributed by atoms with Gasteiger partial charge in [-0.3, -0.25) is 9.48 Å². The first-order chi connectivity index (χ1) is 13.7. The third kappa shape index (κ3) is 4.87. The van der Waals surface area contributed by atoms with Gasteiger partial charge in [0.15, 0.2) is 12.4 Å². The van der Waals surface area contributed by atoms with Crippen LogP contribution < -0.4 is 10.1 Å². The molecule has 9 nitrogen and oxygen atoms in total. The molecule has 0 saturated heterocycles. The molecule has 0 fully saturated rings. The maximum Gasteiger partial charge on any atom is 0.356 e. The number of halogens is 2. The van der Waals surface area contributed by atoms with Gasteiger partial charge in [0, 0.05) is 11.2 Å². The summed E-state index contributed by atoms with van der Waals surface area (Å²) in [5.41, 5.74) is 1.71. The van der Waals surface area contributed by atoms with Crippen LogP contribution >= 0.6 is 23.2 Å². The molecule has 2 aromatic heterocycles. The Balaban J connectivity index is 1.66. The number of hydrogen-bond acceptors (Lipinski definition) is 5. The number of aromatic nitrogens is 4. The molecular formula is C18H17Cl2N5O4. The molecule has 1 amide bonds. The Kier molecular flexibility index (Phi) is 6.09. The van der Waals surface area contributed by atoms with Crippen molar-refractivity contribution in [3.05, 3.63) is 57.6 Å². The fourth-order valence-corrected chi connectivity index (χ4v) is 3.08. The minimum atomic E-state index is -1.15. The van der Waals surface area contributed by atoms with Crippen molar-refractivity contribution in [1.82, 2.24) is 19.6 Å². The number of carbonyl (C=O) groups excluding carboxylic acids is 1. The van der Waals surface area contributed by atoms with Crippen LogP contribution in [0.1, 0.15) is 21.9 Å². The number of benzene rings is 1. The number of nitrogens with zero attached hydrogens (tertiary/aromatic N) is 4. The van der Waals surface area contributed by atoms with Gasteiger partial charge in [-0.2, -0.15) is 10.2 Å². The van der Waals surface area contributed by atoms with Crippen LogP contribution in [0.25, 0.3) is 0 Å². The summed E-state index contributed by atoms with van der Waals surface area (Å²) in [6.07, 6.45) is 1.43. The van der Waals surface area contributed by atoms with E-state index in [1.54, 1.807) is 36.7 Å². The lowest BCUT2D eigenvalue weighted by Crippen LogP contribution is -2.20. The second-order valence-corrected chi connectivity index (χ2v) is 6.99. The zero-order valence-corrected chi connectivity index (χ0v) is 17.0. The summed E-state index contributed by atoms with van der Waals surface area (Å²) >= 11 is 12.0. The zero-order chi connectivity index (χ0) is 21.1. The third-order valence-corrected chi connectivity index (χ3v) is 4.58. The van der Waals surface area contributed by atoms with Crippen LogP contribution in [0.3, 0.4) is 0 Å². The predicted octanol–water partition coefficient (Wildman–Crippen LogP) is 3.38. The van der Waals surface area contributed by atoms with Crippen LogP contribution in [0.2, 0.25) is 10.0 Å². The Bertz CT molecular complexity index is 1080. The smallest absolute Gasteiger partial charge is 0.356 e. The number of nitrogens with one attached hydrogen (secondary N) is 1. The van der Waals surface area contributed by atoms with Crippen molar-refractivity contribution in [2.24, 2.45) is 0 Å². The van der Waals surface area contributed by atoms with Crippen molar-refractivity contribution in [2.45, 2.75) is 27.1 Å². The van der Waals surface area contributed by atoms with Crippen molar-refractivity contribution < 1.29 is 19.4 Å². The summed E-state index contributed by atoms with van der Waals surface area (Å²) in [5, 5.41) is 20.7. The number of carbonyl (C=O) groups is 2. The molecule has 0 saturated carbocycles. The van der Waals surface area contributed by atoms with Gasteiger partial charge in [0.05, 0.1) is 22.1 Å². The molecule has 1 aromatic carbocycles. The molecule has 11 heteroatoms. The summed E-state index contributed by atoms with van der Waals surface area (Å²) in [4.78, 5) is 23.2. The molecule has 3 aromatic rings. The van der Waals surface area contributed by atoms with Crippen molar-refractivity contribution in [3.63, 3.8) is 0 Å². The lowest BCUT2D eigenvalue weighted by molar-refractivity contribution is -0.116. The minimum Gasteiger partial charge on any atom is -0.476 e. The van der Waals surface area contributed by atoms with E-state index in [-0.39, 0.29) is 24.9 Å². The van der Waals surface area contributed by atoms with Gasteiger partial charge in [-0.05, 0) is 38.1 Å². The Morgan fingerprint density at radius 3 is 2.62 bits per heavy atom. The minimum absolute atomic E-state index is 0.0883. The average molecular weight is 438 g/mol. The van der Waals surface area contributed by atoms with Crippen LogP contribution in [-0.4, -0.2) is 36.5 Å². The van der Waals surface area contributed by atoms with Gasteiger partial charge in [-0.25, -0.2) is 9.48 Å². The Labute approximate surface area is 175 Å². The van der Waals surface area contributed by atoms with Gasteiger partial charge in [-0.1, -0.05) is 23.2 Å². The van der Waals surface area contributed by atoms with Crippen LogP contribution in [0, 0.1) is 13.8 Å². The first-order valence-electron chi connectivity index (χ1n) is 8.43. The molecule has 152 valence electrons. The second-order valence-electron chi connectivity index (χ2n) is 6.15. The van der Waals surface area contributed by atoms with Gasteiger partial charge in [-0.15, -0.1) is 0 Å². The largest absolute Gasteiger partial charge is 0.476 e. The topological polar surface area (TPSA) is 111 Å². The number of aryl methyl sites for hydroxylation is 1. The summed E-state index contributed by atoms with van der Waals surface area (Å²) in [7, 11) is 0. The molecule has 0 unspecified atom stereocenters. The van der Waals surface area contributed by atoms with Crippen LogP contribution in [0.5, 0.6) is 5.75 Å². The standard InChI is InChI=1S/C18H17Cl2N5O4/c1-10-17(21-16(26)8-24-6-5-14(23-24)18(27)28)11(2)25(22-10)9-29-15-4-3-12(19)7-13(15)20/h3-7H,8-9H2,1-2H3,(H,21,26)(H,27,28). The summed E-state index contributed by atoms with van der Waals surface area (Å²) in [6, 6.07) is 6.23. The average Bonchev–Trinajstić information content (AvgIpc) is 3.21. The molecule has 0 bridgehead atoms. The maximum absolute atomic E-state index is 12.3. The van der Waals surface area contributed by atoms with Crippen LogP contribution in [0.15, 0.2) is 30.5 Å². The highest BCUT2D eigenvalue weighted by atomic mass is 35.5. The second kappa shape index (κ2) is 8.54. The number of anilines is 1. The lowest BCUT2D eigenvalue weighted by Gasteiger charge is -2.10. The van der Waals surface area contributed by atoms with Crippen LogP contribution in [0.4, 0.5) is 5.69 Å². The highest BCUT2D eigenvalue weighted by Crippen LogP contribution is 2.28. The number of hydrogen-bond donors (Lipinski definition) is 2. The van der Waals surface area contributed by atoms with Crippen molar-refractivity contribution in [3.8, 4) is 5.75 Å². The molecule has 2 heterocycles. The predicted molar refractivity (Wildman–Crippen MR) is 107 cm³/mol. The van der Waals surface area contributed by atoms with Gasteiger partial charge < -0.3 is 15.2 Å². The first-order valence-corrected chi connectivity index (χ1v) is 9.18. The molecule has 2 N–H and O–H groups in total. The van der Waals surface area contributed by atoms with Gasteiger partial charge in [0.2, 0.25) is 5.91 Å². The van der Waals surface area contributed by atoms with Gasteiger partial charge in [0.25, 0.3) is 0 Å². The monoisotopic (exact) mass is 437 g/mol. The molecule has 29 heavy (non-hydrogen) atoms.